The van der Waals surface area contributed by atoms with Gasteiger partial charge in [0.15, 0.2) is 5.96 Å². The Morgan fingerprint density at radius 3 is 2.12 bits per heavy atom. The SMILES string of the molecule is COC(=O)N1CC(N=C(N(C)C)N(C)C)C1. The lowest BCUT2D eigenvalue weighted by Crippen LogP contribution is -2.54. The molecule has 0 saturated carbocycles. The molecule has 0 N–H and O–H groups in total. The van der Waals surface area contributed by atoms with Crippen LogP contribution in [-0.2, 0) is 4.74 Å². The van der Waals surface area contributed by atoms with Crippen LogP contribution in [0.5, 0.6) is 0 Å². The van der Waals surface area contributed by atoms with Gasteiger partial charge in [0.1, 0.15) is 0 Å². The summed E-state index contributed by atoms with van der Waals surface area (Å²) in [4.78, 5) is 21.2. The van der Waals surface area contributed by atoms with Gasteiger partial charge in [-0.2, -0.15) is 0 Å². The van der Waals surface area contributed by atoms with Crippen LogP contribution in [0.4, 0.5) is 4.79 Å². The van der Waals surface area contributed by atoms with Gasteiger partial charge < -0.3 is 19.4 Å². The Hall–Kier alpha value is -1.46. The van der Waals surface area contributed by atoms with E-state index in [1.165, 1.54) is 7.11 Å². The number of hydrogen-bond acceptors (Lipinski definition) is 3. The summed E-state index contributed by atoms with van der Waals surface area (Å²) < 4.78 is 4.62. The van der Waals surface area contributed by atoms with Gasteiger partial charge in [0, 0.05) is 41.3 Å². The second-order valence-electron chi connectivity index (χ2n) is 4.25. The number of carbonyl (C=O) groups excluding carboxylic acids is 1. The van der Waals surface area contributed by atoms with E-state index in [1.54, 1.807) is 4.90 Å². The maximum absolute atomic E-state index is 11.1. The maximum Gasteiger partial charge on any atom is 0.409 e. The molecule has 1 aliphatic rings. The molecular formula is C10H20N4O2. The highest BCUT2D eigenvalue weighted by Gasteiger charge is 2.31. The fourth-order valence-electron chi connectivity index (χ4n) is 1.61. The number of ether oxygens (including phenoxy) is 1. The number of carbonyl (C=O) groups is 1. The van der Waals surface area contributed by atoms with Crippen molar-refractivity contribution in [3.8, 4) is 0 Å². The Balaban J connectivity index is 2.51. The van der Waals surface area contributed by atoms with Crippen LogP contribution >= 0.6 is 0 Å². The summed E-state index contributed by atoms with van der Waals surface area (Å²) in [5.74, 6) is 0.912. The smallest absolute Gasteiger partial charge is 0.409 e. The Morgan fingerprint density at radius 1 is 1.25 bits per heavy atom. The zero-order valence-corrected chi connectivity index (χ0v) is 10.6. The van der Waals surface area contributed by atoms with Crippen LogP contribution in [0, 0.1) is 0 Å². The highest BCUT2D eigenvalue weighted by molar-refractivity contribution is 5.79. The summed E-state index contributed by atoms with van der Waals surface area (Å²) in [6, 6.07) is 0.180. The van der Waals surface area contributed by atoms with E-state index in [1.807, 2.05) is 38.0 Å². The Labute approximate surface area is 96.5 Å². The predicted octanol–water partition coefficient (Wildman–Crippen LogP) is -0.0838. The predicted molar refractivity (Wildman–Crippen MR) is 62.6 cm³/mol. The molecule has 0 aromatic heterocycles. The molecule has 6 nitrogen and oxygen atoms in total. The summed E-state index contributed by atoms with van der Waals surface area (Å²) in [6.45, 7) is 1.27. The topological polar surface area (TPSA) is 48.4 Å². The summed E-state index contributed by atoms with van der Waals surface area (Å²) in [7, 11) is 9.21. The van der Waals surface area contributed by atoms with Crippen molar-refractivity contribution in [1.29, 1.82) is 0 Å². The van der Waals surface area contributed by atoms with Crippen molar-refractivity contribution in [2.75, 3.05) is 48.4 Å². The quantitative estimate of drug-likeness (QED) is 0.465. The summed E-state index contributed by atoms with van der Waals surface area (Å²) in [5, 5.41) is 0. The van der Waals surface area contributed by atoms with E-state index >= 15 is 0 Å². The van der Waals surface area contributed by atoms with Crippen LogP contribution in [0.25, 0.3) is 0 Å². The fourth-order valence-corrected chi connectivity index (χ4v) is 1.61. The number of likely N-dealkylation sites (tertiary alicyclic amines) is 1. The Morgan fingerprint density at radius 2 is 1.75 bits per heavy atom. The van der Waals surface area contributed by atoms with Gasteiger partial charge >= 0.3 is 6.09 Å². The first kappa shape index (κ1) is 12.6. The van der Waals surface area contributed by atoms with Gasteiger partial charge in [-0.25, -0.2) is 9.79 Å². The molecule has 1 fully saturated rings. The van der Waals surface area contributed by atoms with E-state index in [4.69, 9.17) is 0 Å². The van der Waals surface area contributed by atoms with Gasteiger partial charge in [0.25, 0.3) is 0 Å². The number of hydrogen-bond donors (Lipinski definition) is 0. The zero-order chi connectivity index (χ0) is 12.3. The highest BCUT2D eigenvalue weighted by Crippen LogP contribution is 2.13. The van der Waals surface area contributed by atoms with Gasteiger partial charge in [-0.3, -0.25) is 0 Å². The third-order valence-electron chi connectivity index (χ3n) is 2.39. The minimum Gasteiger partial charge on any atom is -0.453 e. The number of rotatable bonds is 1. The third-order valence-corrected chi connectivity index (χ3v) is 2.39. The minimum absolute atomic E-state index is 0.180. The molecule has 0 aromatic rings. The lowest BCUT2D eigenvalue weighted by molar-refractivity contribution is 0.0892. The van der Waals surface area contributed by atoms with Crippen LogP contribution in [0.15, 0.2) is 4.99 Å². The fraction of sp³-hybridized carbons (Fsp3) is 0.800. The van der Waals surface area contributed by atoms with Crippen molar-refractivity contribution >= 4 is 12.1 Å². The van der Waals surface area contributed by atoms with Crippen molar-refractivity contribution in [2.45, 2.75) is 6.04 Å². The Kier molecular flexibility index (Phi) is 3.98. The van der Waals surface area contributed by atoms with Crippen molar-refractivity contribution in [3.63, 3.8) is 0 Å². The number of nitrogens with zero attached hydrogens (tertiary/aromatic N) is 4. The summed E-state index contributed by atoms with van der Waals surface area (Å²) in [6.07, 6.45) is -0.275. The third kappa shape index (κ3) is 2.77. The molecule has 92 valence electrons. The second-order valence-corrected chi connectivity index (χ2v) is 4.25. The lowest BCUT2D eigenvalue weighted by atomic mass is 10.1. The molecule has 0 radical (unpaired) electrons. The average Bonchev–Trinajstić information content (AvgIpc) is 2.13. The molecule has 0 atom stereocenters. The van der Waals surface area contributed by atoms with Crippen LogP contribution < -0.4 is 0 Å². The number of guanidine groups is 1. The normalized spacial score (nSPS) is 15.2. The van der Waals surface area contributed by atoms with E-state index in [0.29, 0.717) is 13.1 Å². The Bertz CT molecular complexity index is 273. The lowest BCUT2D eigenvalue weighted by Gasteiger charge is -2.37. The van der Waals surface area contributed by atoms with Gasteiger partial charge in [0.05, 0.1) is 13.2 Å². The largest absolute Gasteiger partial charge is 0.453 e. The number of amides is 1. The van der Waals surface area contributed by atoms with E-state index in [0.717, 1.165) is 5.96 Å². The molecule has 0 aliphatic carbocycles. The van der Waals surface area contributed by atoms with Gasteiger partial charge in [-0.15, -0.1) is 0 Å². The minimum atomic E-state index is -0.275. The molecule has 16 heavy (non-hydrogen) atoms. The molecule has 0 aromatic carbocycles. The van der Waals surface area contributed by atoms with E-state index in [9.17, 15) is 4.79 Å². The number of methoxy groups -OCH3 is 1. The highest BCUT2D eigenvalue weighted by atomic mass is 16.5. The van der Waals surface area contributed by atoms with Crippen LogP contribution in [0.1, 0.15) is 0 Å². The molecule has 0 unspecified atom stereocenters. The number of aliphatic imine (C=N–C) groups is 1. The second kappa shape index (κ2) is 5.05. The van der Waals surface area contributed by atoms with Crippen LogP contribution in [0.2, 0.25) is 0 Å². The molecule has 1 heterocycles. The first-order valence-electron chi connectivity index (χ1n) is 5.21. The molecule has 0 spiro atoms. The molecular weight excluding hydrogens is 208 g/mol. The van der Waals surface area contributed by atoms with Gasteiger partial charge in [0.2, 0.25) is 0 Å². The average molecular weight is 228 g/mol. The first-order valence-corrected chi connectivity index (χ1v) is 5.21. The van der Waals surface area contributed by atoms with Crippen molar-refractivity contribution < 1.29 is 9.53 Å². The molecule has 1 amide bonds. The molecule has 6 heteroatoms. The van der Waals surface area contributed by atoms with Crippen LogP contribution in [-0.4, -0.2) is 81.2 Å². The molecule has 1 aliphatic heterocycles. The molecule has 1 rings (SSSR count). The van der Waals surface area contributed by atoms with Crippen molar-refractivity contribution in [2.24, 2.45) is 4.99 Å². The van der Waals surface area contributed by atoms with Crippen LogP contribution in [0.3, 0.4) is 0 Å². The molecule has 1 saturated heterocycles. The van der Waals surface area contributed by atoms with Gasteiger partial charge in [-0.05, 0) is 0 Å². The summed E-state index contributed by atoms with van der Waals surface area (Å²) >= 11 is 0. The van der Waals surface area contributed by atoms with E-state index in [-0.39, 0.29) is 12.1 Å². The standard InChI is InChI=1S/C10H20N4O2/c1-12(2)9(13(3)4)11-8-6-14(7-8)10(15)16-5/h8H,6-7H2,1-5H3. The van der Waals surface area contributed by atoms with Gasteiger partial charge in [-0.1, -0.05) is 0 Å². The molecule has 0 bridgehead atoms. The zero-order valence-electron chi connectivity index (χ0n) is 10.6. The van der Waals surface area contributed by atoms with E-state index < -0.39 is 0 Å². The van der Waals surface area contributed by atoms with Crippen molar-refractivity contribution in [1.82, 2.24) is 14.7 Å². The van der Waals surface area contributed by atoms with Crippen molar-refractivity contribution in [3.05, 3.63) is 0 Å². The van der Waals surface area contributed by atoms with E-state index in [2.05, 4.69) is 9.73 Å². The maximum atomic E-state index is 11.1. The monoisotopic (exact) mass is 228 g/mol. The first-order chi connectivity index (χ1) is 7.45. The summed E-state index contributed by atoms with van der Waals surface area (Å²) in [5.41, 5.74) is 0.